The first-order chi connectivity index (χ1) is 12.4. The number of para-hydroxylation sites is 1. The number of rotatable bonds is 5. The van der Waals surface area contributed by atoms with Crippen LogP contribution in [0.5, 0.6) is 0 Å². The molecule has 0 amide bonds. The molecule has 7 nitrogen and oxygen atoms in total. The fourth-order valence-corrected chi connectivity index (χ4v) is 3.22. The summed E-state index contributed by atoms with van der Waals surface area (Å²) in [7, 11) is 0. The Bertz CT molecular complexity index is 1020. The molecule has 0 atom stereocenters. The molecule has 0 saturated carbocycles. The number of halogens is 2. The van der Waals surface area contributed by atoms with Crippen LogP contribution in [0, 0.1) is 17.0 Å². The molecule has 3 aromatic rings. The van der Waals surface area contributed by atoms with Gasteiger partial charge in [-0.2, -0.15) is 0 Å². The molecule has 2 aromatic carbocycles. The zero-order valence-corrected chi connectivity index (χ0v) is 15.9. The lowest BCUT2D eigenvalue weighted by Gasteiger charge is -2.13. The monoisotopic (exact) mass is 434 g/mol. The molecule has 0 N–H and O–H groups in total. The molecule has 0 fully saturated rings. The first-order valence-electron chi connectivity index (χ1n) is 7.49. The Morgan fingerprint density at radius 2 is 2.00 bits per heavy atom. The molecule has 0 saturated heterocycles. The van der Waals surface area contributed by atoms with E-state index in [1.165, 1.54) is 22.8 Å². The van der Waals surface area contributed by atoms with Gasteiger partial charge in [0.1, 0.15) is 17.3 Å². The number of carbonyl (C=O) groups is 1. The lowest BCUT2D eigenvalue weighted by Crippen LogP contribution is -2.13. The molecule has 0 unspecified atom stereocenters. The highest BCUT2D eigenvalue weighted by molar-refractivity contribution is 9.08. The number of aromatic nitrogens is 3. The maximum absolute atomic E-state index is 13.1. The summed E-state index contributed by atoms with van der Waals surface area (Å²) < 4.78 is 1.52. The average molecular weight is 436 g/mol. The number of hydrogen-bond acceptors (Lipinski definition) is 5. The van der Waals surface area contributed by atoms with E-state index in [1.807, 2.05) is 0 Å². The molecule has 0 bridgehead atoms. The van der Waals surface area contributed by atoms with Gasteiger partial charge in [0.2, 0.25) is 0 Å². The number of nitrogens with zero attached hydrogens (tertiary/aromatic N) is 4. The molecule has 1 aromatic heterocycles. The van der Waals surface area contributed by atoms with E-state index >= 15 is 0 Å². The lowest BCUT2D eigenvalue weighted by molar-refractivity contribution is -0.384. The minimum Gasteiger partial charge on any atom is -0.289 e. The number of nitro benzene ring substituents is 1. The Morgan fingerprint density at radius 1 is 1.27 bits per heavy atom. The summed E-state index contributed by atoms with van der Waals surface area (Å²) in [6.07, 6.45) is 0. The van der Waals surface area contributed by atoms with Crippen LogP contribution >= 0.6 is 27.5 Å². The Balaban J connectivity index is 2.30. The highest BCUT2D eigenvalue weighted by Gasteiger charge is 2.27. The van der Waals surface area contributed by atoms with Gasteiger partial charge >= 0.3 is 0 Å². The first-order valence-corrected chi connectivity index (χ1v) is 8.99. The van der Waals surface area contributed by atoms with Gasteiger partial charge < -0.3 is 0 Å². The third-order valence-electron chi connectivity index (χ3n) is 3.78. The topological polar surface area (TPSA) is 90.9 Å². The van der Waals surface area contributed by atoms with Crippen molar-refractivity contribution in [3.63, 3.8) is 0 Å². The number of aryl methyl sites for hydroxylation is 1. The molecule has 132 valence electrons. The van der Waals surface area contributed by atoms with E-state index in [9.17, 15) is 14.9 Å². The van der Waals surface area contributed by atoms with Crippen LogP contribution in [0.4, 0.5) is 5.69 Å². The summed E-state index contributed by atoms with van der Waals surface area (Å²) in [4.78, 5) is 24.1. The van der Waals surface area contributed by atoms with Gasteiger partial charge in [-0.1, -0.05) is 45.7 Å². The third kappa shape index (κ3) is 3.25. The largest absolute Gasteiger partial charge is 0.294 e. The summed E-state index contributed by atoms with van der Waals surface area (Å²) in [6.45, 7) is 1.67. The minimum atomic E-state index is -0.526. The second-order valence-corrected chi connectivity index (χ2v) is 6.40. The Kier molecular flexibility index (Phi) is 5.15. The number of hydrogen-bond donors (Lipinski definition) is 0. The van der Waals surface area contributed by atoms with E-state index in [0.29, 0.717) is 27.6 Å². The summed E-state index contributed by atoms with van der Waals surface area (Å²) in [5, 5.41) is 20.3. The highest BCUT2D eigenvalue weighted by Crippen LogP contribution is 2.31. The van der Waals surface area contributed by atoms with Crippen molar-refractivity contribution >= 4 is 39.0 Å². The summed E-state index contributed by atoms with van der Waals surface area (Å²) in [5.41, 5.74) is 0.444. The normalized spacial score (nSPS) is 10.7. The van der Waals surface area contributed by atoms with Crippen LogP contribution in [0.2, 0.25) is 5.02 Å². The van der Waals surface area contributed by atoms with Crippen LogP contribution in [-0.4, -0.2) is 25.5 Å². The van der Waals surface area contributed by atoms with Gasteiger partial charge in [-0.25, -0.2) is 0 Å². The van der Waals surface area contributed by atoms with Gasteiger partial charge in [-0.15, -0.1) is 10.2 Å². The number of nitro groups is 1. The van der Waals surface area contributed by atoms with E-state index in [0.717, 1.165) is 0 Å². The van der Waals surface area contributed by atoms with Crippen molar-refractivity contribution in [2.45, 2.75) is 12.3 Å². The van der Waals surface area contributed by atoms with Crippen molar-refractivity contribution in [2.75, 3.05) is 0 Å². The molecule has 3 rings (SSSR count). The Hall–Kier alpha value is -2.58. The number of benzene rings is 2. The second kappa shape index (κ2) is 7.35. The predicted molar refractivity (Wildman–Crippen MR) is 100 cm³/mol. The molecule has 26 heavy (non-hydrogen) atoms. The van der Waals surface area contributed by atoms with E-state index in [4.69, 9.17) is 11.6 Å². The molecule has 0 aliphatic heterocycles. The van der Waals surface area contributed by atoms with Crippen LogP contribution in [0.25, 0.3) is 5.69 Å². The molecule has 0 aliphatic rings. The average Bonchev–Trinajstić information content (AvgIpc) is 3.00. The smallest absolute Gasteiger partial charge is 0.289 e. The van der Waals surface area contributed by atoms with Crippen LogP contribution in [0.3, 0.4) is 0 Å². The van der Waals surface area contributed by atoms with Gasteiger partial charge in [0.15, 0.2) is 5.78 Å². The molecule has 1 heterocycles. The fraction of sp³-hybridized carbons (Fsp3) is 0.118. The predicted octanol–water partition coefficient (Wildman–Crippen LogP) is 4.26. The van der Waals surface area contributed by atoms with Crippen molar-refractivity contribution in [1.82, 2.24) is 14.8 Å². The van der Waals surface area contributed by atoms with Crippen molar-refractivity contribution in [1.29, 1.82) is 0 Å². The van der Waals surface area contributed by atoms with E-state index in [-0.39, 0.29) is 22.7 Å². The van der Waals surface area contributed by atoms with E-state index in [2.05, 4.69) is 26.1 Å². The van der Waals surface area contributed by atoms with Crippen LogP contribution in [-0.2, 0) is 5.33 Å². The van der Waals surface area contributed by atoms with Crippen LogP contribution < -0.4 is 0 Å². The lowest BCUT2D eigenvalue weighted by atomic mass is 10.0. The summed E-state index contributed by atoms with van der Waals surface area (Å²) in [6, 6.07) is 10.8. The fourth-order valence-electron chi connectivity index (χ4n) is 2.67. The quantitative estimate of drug-likeness (QED) is 0.258. The van der Waals surface area contributed by atoms with Gasteiger partial charge in [0, 0.05) is 16.7 Å². The molecule has 9 heteroatoms. The van der Waals surface area contributed by atoms with Crippen molar-refractivity contribution in [2.24, 2.45) is 0 Å². The summed E-state index contributed by atoms with van der Waals surface area (Å²) >= 11 is 9.28. The first kappa shape index (κ1) is 18.2. The maximum Gasteiger partial charge on any atom is 0.294 e. The molecule has 0 spiro atoms. The maximum atomic E-state index is 13.1. The summed E-state index contributed by atoms with van der Waals surface area (Å²) in [5.74, 6) is 0.519. The number of ketones is 1. The SMILES string of the molecule is Cc1nnc(CBr)n1-c1c(C(=O)c2cccc(Cl)c2)cccc1[N+](=O)[O-]. The van der Waals surface area contributed by atoms with Crippen LogP contribution in [0.15, 0.2) is 42.5 Å². The second-order valence-electron chi connectivity index (χ2n) is 5.40. The Morgan fingerprint density at radius 3 is 2.65 bits per heavy atom. The minimum absolute atomic E-state index is 0.138. The number of carbonyl (C=O) groups excluding carboxylic acids is 1. The number of alkyl halides is 1. The zero-order chi connectivity index (χ0) is 18.8. The van der Waals surface area contributed by atoms with E-state index < -0.39 is 4.92 Å². The highest BCUT2D eigenvalue weighted by atomic mass is 79.9. The van der Waals surface area contributed by atoms with Gasteiger partial charge in [-0.3, -0.25) is 19.5 Å². The Labute approximate surface area is 161 Å². The van der Waals surface area contributed by atoms with Crippen molar-refractivity contribution in [3.05, 3.63) is 80.4 Å². The van der Waals surface area contributed by atoms with Gasteiger partial charge in [0.05, 0.1) is 15.8 Å². The molecular weight excluding hydrogens is 424 g/mol. The van der Waals surface area contributed by atoms with E-state index in [1.54, 1.807) is 31.2 Å². The van der Waals surface area contributed by atoms with Gasteiger partial charge in [-0.05, 0) is 25.1 Å². The zero-order valence-electron chi connectivity index (χ0n) is 13.5. The third-order valence-corrected chi connectivity index (χ3v) is 4.51. The molecular formula is C17H12BrClN4O3. The van der Waals surface area contributed by atoms with Crippen LogP contribution in [0.1, 0.15) is 27.6 Å². The molecule has 0 aliphatic carbocycles. The standard InChI is InChI=1S/C17H12BrClN4O3/c1-10-20-21-15(9-18)22(10)16-13(6-3-7-14(16)23(25)26)17(24)11-4-2-5-12(19)8-11/h2-8H,9H2,1H3. The van der Waals surface area contributed by atoms with Gasteiger partial charge in [0.25, 0.3) is 5.69 Å². The van der Waals surface area contributed by atoms with Crippen molar-refractivity contribution in [3.8, 4) is 5.69 Å². The molecule has 0 radical (unpaired) electrons. The van der Waals surface area contributed by atoms with Crippen molar-refractivity contribution < 1.29 is 9.72 Å².